The number of aryl methyl sites for hydroxylation is 1. The van der Waals surface area contributed by atoms with Gasteiger partial charge in [0, 0.05) is 18.9 Å². The van der Waals surface area contributed by atoms with Gasteiger partial charge >= 0.3 is 0 Å². The van der Waals surface area contributed by atoms with E-state index in [1.54, 1.807) is 6.20 Å². The second kappa shape index (κ2) is 5.64. The van der Waals surface area contributed by atoms with Crippen LogP contribution >= 0.6 is 0 Å². The summed E-state index contributed by atoms with van der Waals surface area (Å²) in [5, 5.41) is 18.5. The number of aromatic nitrogens is 3. The van der Waals surface area contributed by atoms with Crippen LogP contribution in [-0.4, -0.2) is 31.9 Å². The fraction of sp³-hybridized carbons (Fsp3) is 0.625. The van der Waals surface area contributed by atoms with Gasteiger partial charge in [-0.1, -0.05) is 19.3 Å². The van der Waals surface area contributed by atoms with Crippen LogP contribution in [0.3, 0.4) is 0 Å². The molecule has 0 aromatic carbocycles. The highest BCUT2D eigenvalue weighted by Crippen LogP contribution is 2.32. The number of fused-ring (bicyclic) bond motifs is 1. The maximum atomic E-state index is 10.8. The molecule has 0 aliphatic heterocycles. The van der Waals surface area contributed by atoms with Gasteiger partial charge in [-0.05, 0) is 38.7 Å². The van der Waals surface area contributed by atoms with Gasteiger partial charge in [-0.2, -0.15) is 5.10 Å². The van der Waals surface area contributed by atoms with E-state index < -0.39 is 5.60 Å². The fourth-order valence-electron chi connectivity index (χ4n) is 3.31. The summed E-state index contributed by atoms with van der Waals surface area (Å²) in [7, 11) is 0. The third-order valence-corrected chi connectivity index (χ3v) is 4.61. The molecule has 0 amide bonds. The number of rotatable bonds is 4. The van der Waals surface area contributed by atoms with Crippen LogP contribution < -0.4 is 5.32 Å². The lowest BCUT2D eigenvalue weighted by Crippen LogP contribution is -2.42. The highest BCUT2D eigenvalue weighted by molar-refractivity contribution is 5.67. The lowest BCUT2D eigenvalue weighted by atomic mass is 9.78. The molecular weight excluding hydrogens is 264 g/mol. The van der Waals surface area contributed by atoms with Gasteiger partial charge in [-0.3, -0.25) is 0 Å². The van der Waals surface area contributed by atoms with Crippen molar-refractivity contribution in [1.29, 1.82) is 0 Å². The Labute approximate surface area is 125 Å². The zero-order valence-corrected chi connectivity index (χ0v) is 12.8. The lowest BCUT2D eigenvalue weighted by Gasteiger charge is -2.35. The van der Waals surface area contributed by atoms with Crippen molar-refractivity contribution < 1.29 is 5.11 Å². The molecule has 0 saturated heterocycles. The molecular formula is C16H24N4O. The maximum Gasteiger partial charge on any atom is 0.152 e. The first-order chi connectivity index (χ1) is 10.1. The van der Waals surface area contributed by atoms with Gasteiger partial charge in [0.2, 0.25) is 0 Å². The van der Waals surface area contributed by atoms with E-state index in [9.17, 15) is 5.11 Å². The van der Waals surface area contributed by atoms with Crippen LogP contribution in [0.15, 0.2) is 18.5 Å². The van der Waals surface area contributed by atoms with E-state index in [2.05, 4.69) is 15.4 Å². The summed E-state index contributed by atoms with van der Waals surface area (Å²) >= 11 is 0. The number of nitrogens with zero attached hydrogens (tertiary/aromatic N) is 3. The molecule has 1 aliphatic rings. The summed E-state index contributed by atoms with van der Waals surface area (Å²) in [6, 6.07) is 2.00. The van der Waals surface area contributed by atoms with E-state index in [4.69, 9.17) is 0 Å². The zero-order valence-electron chi connectivity index (χ0n) is 12.8. The molecule has 2 aromatic heterocycles. The number of anilines is 1. The molecule has 2 heterocycles. The normalized spacial score (nSPS) is 19.6. The van der Waals surface area contributed by atoms with Crippen LogP contribution in [0.4, 0.5) is 5.82 Å². The summed E-state index contributed by atoms with van der Waals surface area (Å²) in [6.45, 7) is 4.43. The van der Waals surface area contributed by atoms with Gasteiger partial charge in [0.1, 0.15) is 5.52 Å². The largest absolute Gasteiger partial charge is 0.388 e. The molecule has 2 N–H and O–H groups in total. The van der Waals surface area contributed by atoms with Crippen molar-refractivity contribution in [3.8, 4) is 0 Å². The predicted molar refractivity (Wildman–Crippen MR) is 83.4 cm³/mol. The summed E-state index contributed by atoms with van der Waals surface area (Å²) in [5.74, 6) is 1.17. The maximum absolute atomic E-state index is 10.8. The molecule has 0 bridgehead atoms. The molecule has 21 heavy (non-hydrogen) atoms. The smallest absolute Gasteiger partial charge is 0.152 e. The molecule has 1 aliphatic carbocycles. The van der Waals surface area contributed by atoms with E-state index >= 15 is 0 Å². The van der Waals surface area contributed by atoms with Crippen molar-refractivity contribution in [1.82, 2.24) is 14.6 Å². The van der Waals surface area contributed by atoms with Crippen molar-refractivity contribution >= 4 is 11.3 Å². The lowest BCUT2D eigenvalue weighted by molar-refractivity contribution is -0.00448. The molecule has 114 valence electrons. The molecule has 0 radical (unpaired) electrons. The molecule has 1 unspecified atom stereocenters. The Bertz CT molecular complexity index is 614. The zero-order chi connectivity index (χ0) is 14.9. The second-order valence-corrected chi connectivity index (χ2v) is 6.44. The molecule has 1 saturated carbocycles. The van der Waals surface area contributed by atoms with Gasteiger partial charge < -0.3 is 10.4 Å². The fourth-order valence-corrected chi connectivity index (χ4v) is 3.31. The van der Waals surface area contributed by atoms with Crippen LogP contribution in [0.25, 0.3) is 5.52 Å². The van der Waals surface area contributed by atoms with Crippen LogP contribution in [0.1, 0.15) is 44.7 Å². The average Bonchev–Trinajstić information content (AvgIpc) is 2.87. The van der Waals surface area contributed by atoms with Crippen LogP contribution in [0.5, 0.6) is 0 Å². The Morgan fingerprint density at radius 1 is 1.38 bits per heavy atom. The molecule has 2 aromatic rings. The predicted octanol–water partition coefficient (Wildman–Crippen LogP) is 2.78. The first-order valence-electron chi connectivity index (χ1n) is 7.83. The summed E-state index contributed by atoms with van der Waals surface area (Å²) < 4.78 is 1.82. The second-order valence-electron chi connectivity index (χ2n) is 6.44. The third kappa shape index (κ3) is 3.02. The molecule has 0 spiro atoms. The molecule has 5 heteroatoms. The standard InChI is InChI=1S/C16H24N4O/c1-12-10-14-15(17-8-9-20(14)19-12)18-11-16(2,21)13-6-4-3-5-7-13/h8-10,13,21H,3-7,11H2,1-2H3,(H,17,18). The monoisotopic (exact) mass is 288 g/mol. The Morgan fingerprint density at radius 2 is 2.14 bits per heavy atom. The molecule has 1 atom stereocenters. The van der Waals surface area contributed by atoms with Gasteiger partial charge in [0.05, 0.1) is 11.3 Å². The SMILES string of the molecule is Cc1cc2c(NCC(C)(O)C3CCCCC3)nccn2n1. The topological polar surface area (TPSA) is 62.5 Å². The van der Waals surface area contributed by atoms with E-state index in [0.717, 1.165) is 29.9 Å². The highest BCUT2D eigenvalue weighted by atomic mass is 16.3. The third-order valence-electron chi connectivity index (χ3n) is 4.61. The van der Waals surface area contributed by atoms with Gasteiger partial charge in [0.25, 0.3) is 0 Å². The number of hydrogen-bond acceptors (Lipinski definition) is 4. The molecule has 5 nitrogen and oxygen atoms in total. The van der Waals surface area contributed by atoms with Crippen LogP contribution in [-0.2, 0) is 0 Å². The summed E-state index contributed by atoms with van der Waals surface area (Å²) in [5.41, 5.74) is 1.23. The minimum absolute atomic E-state index is 0.380. The Hall–Kier alpha value is -1.62. The Balaban J connectivity index is 1.73. The average molecular weight is 288 g/mol. The van der Waals surface area contributed by atoms with Crippen molar-refractivity contribution in [3.63, 3.8) is 0 Å². The minimum Gasteiger partial charge on any atom is -0.388 e. The van der Waals surface area contributed by atoms with Gasteiger partial charge in [0.15, 0.2) is 5.82 Å². The molecule has 1 fully saturated rings. The van der Waals surface area contributed by atoms with Crippen LogP contribution in [0.2, 0.25) is 0 Å². The Kier molecular flexibility index (Phi) is 3.85. The molecule has 3 rings (SSSR count). The quantitative estimate of drug-likeness (QED) is 0.908. The number of hydrogen-bond donors (Lipinski definition) is 2. The van der Waals surface area contributed by atoms with E-state index in [0.29, 0.717) is 12.5 Å². The van der Waals surface area contributed by atoms with Gasteiger partial charge in [-0.25, -0.2) is 9.50 Å². The van der Waals surface area contributed by atoms with E-state index in [1.165, 1.54) is 19.3 Å². The summed E-state index contributed by atoms with van der Waals surface area (Å²) in [4.78, 5) is 4.39. The van der Waals surface area contributed by atoms with Gasteiger partial charge in [-0.15, -0.1) is 0 Å². The summed E-state index contributed by atoms with van der Waals surface area (Å²) in [6.07, 6.45) is 9.59. The van der Waals surface area contributed by atoms with E-state index in [1.807, 2.05) is 30.6 Å². The first kappa shape index (κ1) is 14.3. The number of nitrogens with one attached hydrogen (secondary N) is 1. The van der Waals surface area contributed by atoms with Crippen LogP contribution in [0, 0.1) is 12.8 Å². The van der Waals surface area contributed by atoms with Crippen molar-refractivity contribution in [3.05, 3.63) is 24.2 Å². The minimum atomic E-state index is -0.690. The van der Waals surface area contributed by atoms with Crippen molar-refractivity contribution in [2.24, 2.45) is 5.92 Å². The number of aliphatic hydroxyl groups is 1. The van der Waals surface area contributed by atoms with Crippen molar-refractivity contribution in [2.75, 3.05) is 11.9 Å². The highest BCUT2D eigenvalue weighted by Gasteiger charge is 2.32. The Morgan fingerprint density at radius 3 is 2.90 bits per heavy atom. The van der Waals surface area contributed by atoms with Crippen molar-refractivity contribution in [2.45, 2.75) is 51.6 Å². The van der Waals surface area contributed by atoms with E-state index in [-0.39, 0.29) is 0 Å². The first-order valence-corrected chi connectivity index (χ1v) is 7.83.